The number of rotatable bonds is 5. The minimum atomic E-state index is -1.06. The highest BCUT2D eigenvalue weighted by Gasteiger charge is 2.54. The van der Waals surface area contributed by atoms with Gasteiger partial charge in [-0.15, -0.1) is 0 Å². The van der Waals surface area contributed by atoms with Gasteiger partial charge < -0.3 is 25.2 Å². The number of anilines is 1. The number of amides is 1. The summed E-state index contributed by atoms with van der Waals surface area (Å²) in [4.78, 5) is 42.1. The summed E-state index contributed by atoms with van der Waals surface area (Å²) >= 11 is 0. The van der Waals surface area contributed by atoms with Crippen LogP contribution in [0.4, 0.5) is 5.69 Å². The number of carboxylic acid groups (broad SMARTS) is 1. The molecule has 37 heavy (non-hydrogen) atoms. The summed E-state index contributed by atoms with van der Waals surface area (Å²) in [6, 6.07) is 5.05. The Morgan fingerprint density at radius 1 is 1.19 bits per heavy atom. The molecular weight excluding hydrogens is 474 g/mol. The number of piperidine rings is 2. The highest BCUT2D eigenvalue weighted by Crippen LogP contribution is 2.46. The van der Waals surface area contributed by atoms with Crippen molar-refractivity contribution in [2.75, 3.05) is 31.9 Å². The summed E-state index contributed by atoms with van der Waals surface area (Å²) in [6.45, 7) is 12.2. The molecule has 0 aliphatic carbocycles. The Labute approximate surface area is 219 Å². The number of ether oxygens (including phenoxy) is 2. The number of nitrogen functional groups attached to an aromatic ring is 1. The molecule has 204 valence electrons. The SMILES string of the molecule is CC1(C)CC2(CCCN(C3CCN(C(=O)c4cc(OC(C(=O)O)C(C)(C)C)ccc4N)CC3)C2)C(=O)O1. The number of cyclic esters (lactones) is 1. The van der Waals surface area contributed by atoms with Crippen molar-refractivity contribution in [2.45, 2.75) is 84.5 Å². The van der Waals surface area contributed by atoms with Crippen molar-refractivity contribution in [2.24, 2.45) is 10.8 Å². The third-order valence-corrected chi connectivity index (χ3v) is 7.96. The molecule has 1 aromatic carbocycles. The first-order valence-corrected chi connectivity index (χ1v) is 13.3. The first kappa shape index (κ1) is 27.2. The molecule has 0 aromatic heterocycles. The summed E-state index contributed by atoms with van der Waals surface area (Å²) < 4.78 is 11.4. The fourth-order valence-corrected chi connectivity index (χ4v) is 6.20. The normalized spacial score (nSPS) is 25.6. The molecule has 2 atom stereocenters. The van der Waals surface area contributed by atoms with Crippen LogP contribution in [0.15, 0.2) is 18.2 Å². The Kier molecular flexibility index (Phi) is 7.22. The first-order chi connectivity index (χ1) is 17.2. The Morgan fingerprint density at radius 3 is 2.43 bits per heavy atom. The van der Waals surface area contributed by atoms with E-state index in [2.05, 4.69) is 4.90 Å². The maximum Gasteiger partial charge on any atom is 0.345 e. The average Bonchev–Trinajstić information content (AvgIpc) is 3.03. The molecule has 9 heteroatoms. The molecule has 0 radical (unpaired) electrons. The van der Waals surface area contributed by atoms with Crippen molar-refractivity contribution in [1.29, 1.82) is 0 Å². The van der Waals surface area contributed by atoms with E-state index in [1.807, 2.05) is 13.8 Å². The lowest BCUT2D eigenvalue weighted by molar-refractivity contribution is -0.155. The molecule has 0 bridgehead atoms. The molecule has 3 aliphatic rings. The zero-order chi connectivity index (χ0) is 27.2. The van der Waals surface area contributed by atoms with Crippen LogP contribution in [0.2, 0.25) is 0 Å². The van der Waals surface area contributed by atoms with E-state index in [-0.39, 0.29) is 11.9 Å². The third kappa shape index (κ3) is 5.71. The van der Waals surface area contributed by atoms with Crippen LogP contribution in [0.1, 0.15) is 77.1 Å². The summed E-state index contributed by atoms with van der Waals surface area (Å²) in [5.74, 6) is -1.00. The minimum absolute atomic E-state index is 0.0658. The second kappa shape index (κ2) is 9.82. The van der Waals surface area contributed by atoms with Gasteiger partial charge in [-0.25, -0.2) is 4.79 Å². The van der Waals surface area contributed by atoms with Crippen LogP contribution >= 0.6 is 0 Å². The number of hydrogen-bond acceptors (Lipinski definition) is 7. The summed E-state index contributed by atoms with van der Waals surface area (Å²) in [5, 5.41) is 9.59. The van der Waals surface area contributed by atoms with E-state index in [1.54, 1.807) is 43.9 Å². The molecule has 4 rings (SSSR count). The summed E-state index contributed by atoms with van der Waals surface area (Å²) in [6.07, 6.45) is 3.18. The predicted molar refractivity (Wildman–Crippen MR) is 139 cm³/mol. The van der Waals surface area contributed by atoms with E-state index in [9.17, 15) is 19.5 Å². The molecule has 3 saturated heterocycles. The summed E-state index contributed by atoms with van der Waals surface area (Å²) in [5.41, 5.74) is 5.35. The zero-order valence-electron chi connectivity index (χ0n) is 22.7. The van der Waals surface area contributed by atoms with Gasteiger partial charge in [0.25, 0.3) is 5.91 Å². The van der Waals surface area contributed by atoms with Crippen LogP contribution in [-0.2, 0) is 14.3 Å². The van der Waals surface area contributed by atoms with E-state index in [1.165, 1.54) is 0 Å². The van der Waals surface area contributed by atoms with Crippen LogP contribution in [0.5, 0.6) is 5.75 Å². The van der Waals surface area contributed by atoms with Crippen molar-refractivity contribution in [3.8, 4) is 5.75 Å². The average molecular weight is 516 g/mol. The van der Waals surface area contributed by atoms with E-state index in [0.29, 0.717) is 36.1 Å². The van der Waals surface area contributed by atoms with E-state index >= 15 is 0 Å². The molecule has 0 saturated carbocycles. The van der Waals surface area contributed by atoms with Crippen LogP contribution in [0.3, 0.4) is 0 Å². The maximum absolute atomic E-state index is 13.4. The standard InChI is InChI=1S/C28H41N3O6/c1-26(2,3)22(24(33)34)36-19-7-8-21(29)20(15-19)23(32)30-13-9-18(10-14-30)31-12-6-11-28(17-31)16-27(4,5)37-25(28)35/h7-8,15,18,22H,6,9-14,16-17,29H2,1-5H3,(H,33,34). The molecule has 9 nitrogen and oxygen atoms in total. The highest BCUT2D eigenvalue weighted by molar-refractivity contribution is 5.99. The maximum atomic E-state index is 13.4. The van der Waals surface area contributed by atoms with Gasteiger partial charge in [-0.2, -0.15) is 0 Å². The van der Waals surface area contributed by atoms with Gasteiger partial charge in [0.05, 0.1) is 11.0 Å². The smallest absolute Gasteiger partial charge is 0.345 e. The Morgan fingerprint density at radius 2 is 1.86 bits per heavy atom. The molecule has 3 fully saturated rings. The second-order valence-electron chi connectivity index (χ2n) is 12.7. The van der Waals surface area contributed by atoms with Gasteiger partial charge in [-0.3, -0.25) is 14.5 Å². The largest absolute Gasteiger partial charge is 0.478 e. The first-order valence-electron chi connectivity index (χ1n) is 13.3. The molecular formula is C28H41N3O6. The molecule has 2 unspecified atom stereocenters. The second-order valence-corrected chi connectivity index (χ2v) is 12.7. The van der Waals surface area contributed by atoms with E-state index in [4.69, 9.17) is 15.2 Å². The van der Waals surface area contributed by atoms with Crippen molar-refractivity contribution in [3.63, 3.8) is 0 Å². The number of nitrogens with two attached hydrogens (primary N) is 1. The lowest BCUT2D eigenvalue weighted by Gasteiger charge is -2.44. The highest BCUT2D eigenvalue weighted by atomic mass is 16.6. The number of carbonyl (C=O) groups is 3. The monoisotopic (exact) mass is 515 g/mol. The Balaban J connectivity index is 1.40. The molecule has 1 spiro atoms. The molecule has 3 heterocycles. The Hall–Kier alpha value is -2.81. The van der Waals surface area contributed by atoms with Crippen LogP contribution in [0.25, 0.3) is 0 Å². The molecule has 1 amide bonds. The van der Waals surface area contributed by atoms with Crippen molar-refractivity contribution in [1.82, 2.24) is 9.80 Å². The number of carboxylic acids is 1. The molecule has 1 aromatic rings. The third-order valence-electron chi connectivity index (χ3n) is 7.96. The van der Waals surface area contributed by atoms with Crippen molar-refractivity contribution in [3.05, 3.63) is 23.8 Å². The number of nitrogens with zero attached hydrogens (tertiary/aromatic N) is 2. The van der Waals surface area contributed by atoms with Crippen molar-refractivity contribution >= 4 is 23.5 Å². The number of benzene rings is 1. The number of esters is 1. The number of aliphatic carboxylic acids is 1. The Bertz CT molecular complexity index is 1060. The van der Waals surface area contributed by atoms with Gasteiger partial charge in [0.2, 0.25) is 0 Å². The van der Waals surface area contributed by atoms with Gasteiger partial charge in [0.1, 0.15) is 11.4 Å². The van der Waals surface area contributed by atoms with E-state index in [0.717, 1.165) is 45.2 Å². The van der Waals surface area contributed by atoms with Gasteiger partial charge >= 0.3 is 11.9 Å². The fraction of sp³-hybridized carbons (Fsp3) is 0.679. The topological polar surface area (TPSA) is 122 Å². The quantitative estimate of drug-likeness (QED) is 0.451. The molecule has 3 aliphatic heterocycles. The summed E-state index contributed by atoms with van der Waals surface area (Å²) in [7, 11) is 0. The lowest BCUT2D eigenvalue weighted by Crippen LogP contribution is -2.53. The number of likely N-dealkylation sites (tertiary alicyclic amines) is 2. The fourth-order valence-electron chi connectivity index (χ4n) is 6.20. The van der Waals surface area contributed by atoms with Crippen LogP contribution < -0.4 is 10.5 Å². The van der Waals surface area contributed by atoms with Crippen LogP contribution in [-0.4, -0.2) is 76.7 Å². The van der Waals surface area contributed by atoms with Gasteiger partial charge in [0, 0.05) is 43.2 Å². The minimum Gasteiger partial charge on any atom is -0.478 e. The van der Waals surface area contributed by atoms with Gasteiger partial charge in [-0.1, -0.05) is 20.8 Å². The van der Waals surface area contributed by atoms with Gasteiger partial charge in [0.15, 0.2) is 6.10 Å². The van der Waals surface area contributed by atoms with Gasteiger partial charge in [-0.05, 0) is 64.3 Å². The number of hydrogen-bond donors (Lipinski definition) is 2. The predicted octanol–water partition coefficient (Wildman–Crippen LogP) is 3.56. The molecule has 3 N–H and O–H groups in total. The lowest BCUT2D eigenvalue weighted by atomic mass is 9.74. The zero-order valence-corrected chi connectivity index (χ0v) is 22.7. The number of carbonyl (C=O) groups excluding carboxylic acids is 2. The van der Waals surface area contributed by atoms with Crippen LogP contribution in [0, 0.1) is 10.8 Å². The van der Waals surface area contributed by atoms with Crippen molar-refractivity contribution < 1.29 is 29.0 Å². The van der Waals surface area contributed by atoms with E-state index < -0.39 is 28.5 Å².